The number of rotatable bonds is 7. The van der Waals surface area contributed by atoms with Crippen molar-refractivity contribution >= 4 is 11.8 Å². The van der Waals surface area contributed by atoms with E-state index in [1.165, 1.54) is 0 Å². The van der Waals surface area contributed by atoms with Gasteiger partial charge in [-0.3, -0.25) is 9.59 Å². The van der Waals surface area contributed by atoms with Crippen LogP contribution in [0.15, 0.2) is 18.2 Å². The van der Waals surface area contributed by atoms with Crippen LogP contribution < -0.4 is 14.8 Å². The van der Waals surface area contributed by atoms with E-state index in [0.29, 0.717) is 31.1 Å². The standard InChI is InChI=1S/C20H30N2O4/c1-6-10-21-19(23)16-12-22(20(24)13(2)3)11-15(16)14-8-7-9-17(25-4)18(14)26-5/h7-9,13,15-16H,6,10-12H2,1-5H3,(H,21,23)/t15-,16+/m1/s1. The summed E-state index contributed by atoms with van der Waals surface area (Å²) < 4.78 is 11.0. The molecule has 1 aliphatic heterocycles. The number of methoxy groups -OCH3 is 2. The third-order valence-electron chi connectivity index (χ3n) is 4.84. The Kier molecular flexibility index (Phi) is 6.89. The summed E-state index contributed by atoms with van der Waals surface area (Å²) in [5.41, 5.74) is 0.905. The van der Waals surface area contributed by atoms with Crippen LogP contribution in [0.5, 0.6) is 11.5 Å². The lowest BCUT2D eigenvalue weighted by Crippen LogP contribution is -2.36. The van der Waals surface area contributed by atoms with Crippen molar-refractivity contribution in [1.82, 2.24) is 10.2 Å². The van der Waals surface area contributed by atoms with Gasteiger partial charge in [0.25, 0.3) is 0 Å². The molecule has 1 fully saturated rings. The third-order valence-corrected chi connectivity index (χ3v) is 4.84. The number of para-hydroxylation sites is 1. The van der Waals surface area contributed by atoms with E-state index in [1.54, 1.807) is 19.1 Å². The molecule has 144 valence electrons. The second-order valence-electron chi connectivity index (χ2n) is 6.98. The molecule has 1 heterocycles. The zero-order valence-electron chi connectivity index (χ0n) is 16.4. The maximum Gasteiger partial charge on any atom is 0.225 e. The molecule has 6 heteroatoms. The molecule has 6 nitrogen and oxygen atoms in total. The molecule has 1 aliphatic rings. The van der Waals surface area contributed by atoms with Crippen LogP contribution in [0.4, 0.5) is 0 Å². The second kappa shape index (κ2) is 8.92. The molecular weight excluding hydrogens is 332 g/mol. The first-order valence-corrected chi connectivity index (χ1v) is 9.21. The van der Waals surface area contributed by atoms with Gasteiger partial charge in [-0.15, -0.1) is 0 Å². The van der Waals surface area contributed by atoms with Crippen molar-refractivity contribution in [1.29, 1.82) is 0 Å². The molecule has 0 aliphatic carbocycles. The van der Waals surface area contributed by atoms with Crippen LogP contribution in [0, 0.1) is 11.8 Å². The number of benzene rings is 1. The number of carbonyl (C=O) groups is 2. The third kappa shape index (κ3) is 4.11. The topological polar surface area (TPSA) is 67.9 Å². The van der Waals surface area contributed by atoms with E-state index in [9.17, 15) is 9.59 Å². The first-order valence-electron chi connectivity index (χ1n) is 9.21. The SMILES string of the molecule is CCCNC(=O)[C@H]1CN(C(=O)C(C)C)C[C@@H]1c1cccc(OC)c1OC. The van der Waals surface area contributed by atoms with Crippen molar-refractivity contribution in [3.8, 4) is 11.5 Å². The largest absolute Gasteiger partial charge is 0.493 e. The van der Waals surface area contributed by atoms with Gasteiger partial charge in [-0.1, -0.05) is 32.9 Å². The van der Waals surface area contributed by atoms with E-state index in [4.69, 9.17) is 9.47 Å². The van der Waals surface area contributed by atoms with E-state index in [-0.39, 0.29) is 29.6 Å². The highest BCUT2D eigenvalue weighted by molar-refractivity contribution is 5.84. The number of hydrogen-bond donors (Lipinski definition) is 1. The van der Waals surface area contributed by atoms with Crippen molar-refractivity contribution in [3.05, 3.63) is 23.8 Å². The number of carbonyl (C=O) groups excluding carboxylic acids is 2. The lowest BCUT2D eigenvalue weighted by Gasteiger charge is -2.21. The maximum absolute atomic E-state index is 12.8. The molecule has 0 saturated carbocycles. The molecule has 0 unspecified atom stereocenters. The molecule has 1 N–H and O–H groups in total. The molecule has 2 atom stereocenters. The van der Waals surface area contributed by atoms with E-state index < -0.39 is 0 Å². The normalized spacial score (nSPS) is 19.5. The fourth-order valence-electron chi connectivity index (χ4n) is 3.51. The summed E-state index contributed by atoms with van der Waals surface area (Å²) in [5, 5.41) is 2.98. The van der Waals surface area contributed by atoms with Gasteiger partial charge in [0, 0.05) is 37.0 Å². The van der Waals surface area contributed by atoms with Crippen LogP contribution in [0.1, 0.15) is 38.7 Å². The number of ether oxygens (including phenoxy) is 2. The fourth-order valence-corrected chi connectivity index (χ4v) is 3.51. The molecule has 1 saturated heterocycles. The van der Waals surface area contributed by atoms with Crippen LogP contribution in [0.3, 0.4) is 0 Å². The summed E-state index contributed by atoms with van der Waals surface area (Å²) in [6.45, 7) is 7.35. The van der Waals surface area contributed by atoms with Gasteiger partial charge in [-0.05, 0) is 12.5 Å². The van der Waals surface area contributed by atoms with Crippen LogP contribution in [-0.2, 0) is 9.59 Å². The van der Waals surface area contributed by atoms with Gasteiger partial charge in [-0.25, -0.2) is 0 Å². The highest BCUT2D eigenvalue weighted by Crippen LogP contribution is 2.42. The number of amides is 2. The zero-order valence-corrected chi connectivity index (χ0v) is 16.4. The molecule has 0 bridgehead atoms. The van der Waals surface area contributed by atoms with Gasteiger partial charge in [0.1, 0.15) is 0 Å². The predicted octanol–water partition coefficient (Wildman–Crippen LogP) is 2.43. The van der Waals surface area contributed by atoms with Gasteiger partial charge >= 0.3 is 0 Å². The van der Waals surface area contributed by atoms with E-state index in [0.717, 1.165) is 12.0 Å². The highest BCUT2D eigenvalue weighted by atomic mass is 16.5. The highest BCUT2D eigenvalue weighted by Gasteiger charge is 2.42. The summed E-state index contributed by atoms with van der Waals surface area (Å²) in [5.74, 6) is 0.798. The van der Waals surface area contributed by atoms with Crippen LogP contribution >= 0.6 is 0 Å². The minimum atomic E-state index is -0.301. The lowest BCUT2D eigenvalue weighted by atomic mass is 9.87. The van der Waals surface area contributed by atoms with Crippen LogP contribution in [-0.4, -0.2) is 50.6 Å². The Bertz CT molecular complexity index is 645. The van der Waals surface area contributed by atoms with Gasteiger partial charge in [0.2, 0.25) is 11.8 Å². The Morgan fingerprint density at radius 1 is 1.23 bits per heavy atom. The molecule has 1 aromatic carbocycles. The molecule has 1 aromatic rings. The monoisotopic (exact) mass is 362 g/mol. The summed E-state index contributed by atoms with van der Waals surface area (Å²) in [6.07, 6.45) is 0.875. The molecular formula is C20H30N2O4. The van der Waals surface area contributed by atoms with E-state index in [1.807, 2.05) is 39.0 Å². The minimum absolute atomic E-state index is 0.0132. The maximum atomic E-state index is 12.8. The number of likely N-dealkylation sites (tertiary alicyclic amines) is 1. The van der Waals surface area contributed by atoms with Gasteiger partial charge in [0.15, 0.2) is 11.5 Å². The summed E-state index contributed by atoms with van der Waals surface area (Å²) >= 11 is 0. The van der Waals surface area contributed by atoms with Crippen LogP contribution in [0.2, 0.25) is 0 Å². The molecule has 0 radical (unpaired) electrons. The predicted molar refractivity (Wildman–Crippen MR) is 100 cm³/mol. The van der Waals surface area contributed by atoms with Crippen molar-refractivity contribution < 1.29 is 19.1 Å². The van der Waals surface area contributed by atoms with Crippen molar-refractivity contribution in [2.75, 3.05) is 33.9 Å². The second-order valence-corrected chi connectivity index (χ2v) is 6.98. The van der Waals surface area contributed by atoms with Gasteiger partial charge in [0.05, 0.1) is 20.1 Å². The number of nitrogens with zero attached hydrogens (tertiary/aromatic N) is 1. The Hall–Kier alpha value is -2.24. The molecule has 26 heavy (non-hydrogen) atoms. The van der Waals surface area contributed by atoms with Crippen LogP contribution in [0.25, 0.3) is 0 Å². The van der Waals surface area contributed by atoms with Crippen molar-refractivity contribution in [2.45, 2.75) is 33.1 Å². The fraction of sp³-hybridized carbons (Fsp3) is 0.600. The summed E-state index contributed by atoms with van der Waals surface area (Å²) in [6, 6.07) is 5.68. The summed E-state index contributed by atoms with van der Waals surface area (Å²) in [7, 11) is 3.19. The number of nitrogens with one attached hydrogen (secondary N) is 1. The minimum Gasteiger partial charge on any atom is -0.493 e. The van der Waals surface area contributed by atoms with Crippen molar-refractivity contribution in [3.63, 3.8) is 0 Å². The van der Waals surface area contributed by atoms with Gasteiger partial charge < -0.3 is 19.7 Å². The molecule has 0 spiro atoms. The zero-order chi connectivity index (χ0) is 19.3. The van der Waals surface area contributed by atoms with E-state index >= 15 is 0 Å². The average Bonchev–Trinajstić information content (AvgIpc) is 3.09. The number of hydrogen-bond acceptors (Lipinski definition) is 4. The molecule has 0 aromatic heterocycles. The summed E-state index contributed by atoms with van der Waals surface area (Å²) in [4.78, 5) is 27.1. The quantitative estimate of drug-likeness (QED) is 0.809. The first-order chi connectivity index (χ1) is 12.4. The molecule has 2 amide bonds. The van der Waals surface area contributed by atoms with Crippen molar-refractivity contribution in [2.24, 2.45) is 11.8 Å². The Labute approximate surface area is 155 Å². The lowest BCUT2D eigenvalue weighted by molar-refractivity contribution is -0.133. The smallest absolute Gasteiger partial charge is 0.225 e. The average molecular weight is 362 g/mol. The Morgan fingerprint density at radius 3 is 2.54 bits per heavy atom. The van der Waals surface area contributed by atoms with E-state index in [2.05, 4.69) is 5.32 Å². The molecule has 2 rings (SSSR count). The Balaban J connectivity index is 2.38. The van der Waals surface area contributed by atoms with Gasteiger partial charge in [-0.2, -0.15) is 0 Å². The first kappa shape index (κ1) is 20.1. The Morgan fingerprint density at radius 2 is 1.96 bits per heavy atom.